The van der Waals surface area contributed by atoms with Gasteiger partial charge in [0.05, 0.1) is 16.4 Å². The molecule has 0 spiro atoms. The molecule has 2 atom stereocenters. The maximum Gasteiger partial charge on any atom is 0.339 e. The van der Waals surface area contributed by atoms with Crippen molar-refractivity contribution in [3.05, 3.63) is 65.7 Å². The van der Waals surface area contributed by atoms with Gasteiger partial charge < -0.3 is 10.5 Å². The van der Waals surface area contributed by atoms with E-state index >= 15 is 0 Å². The average molecular weight is 345 g/mol. The van der Waals surface area contributed by atoms with Crippen LogP contribution in [0.25, 0.3) is 0 Å². The van der Waals surface area contributed by atoms with Gasteiger partial charge in [-0.05, 0) is 24.3 Å². The maximum absolute atomic E-state index is 12.2. The Kier molecular flexibility index (Phi) is 5.87. The molecule has 0 saturated carbocycles. The summed E-state index contributed by atoms with van der Waals surface area (Å²) in [5.74, 6) is -1.41. The Hall–Kier alpha value is -2.47. The lowest BCUT2D eigenvalue weighted by Crippen LogP contribution is -2.26. The molecule has 0 aliphatic heterocycles. The van der Waals surface area contributed by atoms with Crippen molar-refractivity contribution in [2.75, 3.05) is 0 Å². The van der Waals surface area contributed by atoms with Crippen LogP contribution < -0.4 is 5.73 Å². The molecule has 0 aliphatic rings. The van der Waals surface area contributed by atoms with E-state index in [-0.39, 0.29) is 10.8 Å². The van der Waals surface area contributed by atoms with E-state index in [1.165, 1.54) is 12.1 Å². The third-order valence-electron chi connectivity index (χ3n) is 3.34. The predicted molar refractivity (Wildman–Crippen MR) is 91.8 cm³/mol. The molecule has 126 valence electrons. The van der Waals surface area contributed by atoms with E-state index in [2.05, 4.69) is 0 Å². The first-order valence-electron chi connectivity index (χ1n) is 7.46. The lowest BCUT2D eigenvalue weighted by Gasteiger charge is -2.15. The Bertz CT molecular complexity index is 741. The van der Waals surface area contributed by atoms with Crippen molar-refractivity contribution in [2.24, 2.45) is 5.73 Å². The van der Waals surface area contributed by atoms with E-state index in [9.17, 15) is 13.8 Å². The van der Waals surface area contributed by atoms with Crippen molar-refractivity contribution in [2.45, 2.75) is 30.1 Å². The maximum atomic E-state index is 12.2. The fourth-order valence-corrected chi connectivity index (χ4v) is 3.04. The van der Waals surface area contributed by atoms with Crippen LogP contribution in [0.2, 0.25) is 0 Å². The van der Waals surface area contributed by atoms with Crippen LogP contribution in [0.4, 0.5) is 0 Å². The average Bonchev–Trinajstić information content (AvgIpc) is 2.59. The van der Waals surface area contributed by atoms with Crippen LogP contribution in [0.15, 0.2) is 59.5 Å². The van der Waals surface area contributed by atoms with Crippen LogP contribution in [0.1, 0.15) is 35.9 Å². The fraction of sp³-hybridized carbons (Fsp3) is 0.222. The Balaban J connectivity index is 2.16. The van der Waals surface area contributed by atoms with Crippen molar-refractivity contribution in [1.29, 1.82) is 0 Å². The van der Waals surface area contributed by atoms with Crippen molar-refractivity contribution >= 4 is 22.7 Å². The molecular formula is C18H19NO4S. The first-order chi connectivity index (χ1) is 11.4. The minimum absolute atomic E-state index is 0.0138. The van der Waals surface area contributed by atoms with Gasteiger partial charge in [-0.15, -0.1) is 0 Å². The van der Waals surface area contributed by atoms with Gasteiger partial charge in [0.25, 0.3) is 5.91 Å². The lowest BCUT2D eigenvalue weighted by molar-refractivity contribution is -0.127. The summed E-state index contributed by atoms with van der Waals surface area (Å²) in [6.45, 7) is 3.71. The normalized spacial score (nSPS) is 13.3. The molecule has 2 rings (SSSR count). The second-order valence-electron chi connectivity index (χ2n) is 5.47. The zero-order valence-corrected chi connectivity index (χ0v) is 14.3. The molecule has 0 fully saturated rings. The van der Waals surface area contributed by atoms with E-state index in [1.54, 1.807) is 42.5 Å². The highest BCUT2D eigenvalue weighted by Crippen LogP contribution is 2.20. The zero-order valence-electron chi connectivity index (χ0n) is 13.5. The molecular weight excluding hydrogens is 326 g/mol. The molecule has 5 nitrogen and oxygen atoms in total. The minimum atomic E-state index is -1.15. The fourth-order valence-electron chi connectivity index (χ4n) is 2.09. The third-order valence-corrected chi connectivity index (χ3v) is 4.93. The smallest absolute Gasteiger partial charge is 0.339 e. The molecule has 2 aromatic carbocycles. The quantitative estimate of drug-likeness (QED) is 0.815. The number of esters is 1. The summed E-state index contributed by atoms with van der Waals surface area (Å²) < 4.78 is 17.3. The minimum Gasteiger partial charge on any atom is -0.444 e. The van der Waals surface area contributed by atoms with Gasteiger partial charge in [0.1, 0.15) is 0 Å². The Morgan fingerprint density at radius 2 is 1.58 bits per heavy atom. The SMILES string of the molecule is CC(C)S(=O)c1ccc(C(=O)OC(C(N)=O)c2ccccc2)cc1. The van der Waals surface area contributed by atoms with Gasteiger partial charge in [0.2, 0.25) is 6.10 Å². The van der Waals surface area contributed by atoms with Crippen LogP contribution in [-0.4, -0.2) is 21.3 Å². The number of rotatable bonds is 6. The number of hydrogen-bond donors (Lipinski definition) is 1. The number of nitrogens with two attached hydrogens (primary N) is 1. The predicted octanol–water partition coefficient (Wildman–Crippen LogP) is 2.59. The van der Waals surface area contributed by atoms with Crippen LogP contribution in [0.3, 0.4) is 0 Å². The van der Waals surface area contributed by atoms with Crippen LogP contribution in [0.5, 0.6) is 0 Å². The van der Waals surface area contributed by atoms with Crippen molar-refractivity contribution < 1.29 is 18.5 Å². The second-order valence-corrected chi connectivity index (χ2v) is 7.48. The number of ether oxygens (including phenoxy) is 1. The summed E-state index contributed by atoms with van der Waals surface area (Å²) in [6, 6.07) is 14.9. The first-order valence-corrected chi connectivity index (χ1v) is 8.67. The summed E-state index contributed by atoms with van der Waals surface area (Å²) in [7, 11) is -1.13. The van der Waals surface area contributed by atoms with E-state index in [0.717, 1.165) is 0 Å². The number of hydrogen-bond acceptors (Lipinski definition) is 4. The van der Waals surface area contributed by atoms with Gasteiger partial charge >= 0.3 is 5.97 Å². The van der Waals surface area contributed by atoms with Crippen LogP contribution in [-0.2, 0) is 20.3 Å². The summed E-state index contributed by atoms with van der Waals surface area (Å²) in [5.41, 5.74) is 6.11. The summed E-state index contributed by atoms with van der Waals surface area (Å²) in [5, 5.41) is -0.0138. The molecule has 2 aromatic rings. The summed E-state index contributed by atoms with van der Waals surface area (Å²) in [4.78, 5) is 24.5. The molecule has 6 heteroatoms. The van der Waals surface area contributed by atoms with E-state index in [4.69, 9.17) is 10.5 Å². The van der Waals surface area contributed by atoms with Gasteiger partial charge in [0.15, 0.2) is 0 Å². The number of amides is 1. The van der Waals surface area contributed by atoms with Crippen LogP contribution >= 0.6 is 0 Å². The van der Waals surface area contributed by atoms with E-state index in [1.807, 2.05) is 13.8 Å². The van der Waals surface area contributed by atoms with Gasteiger partial charge in [-0.25, -0.2) is 4.79 Å². The molecule has 1 amide bonds. The topological polar surface area (TPSA) is 86.5 Å². The molecule has 0 radical (unpaired) electrons. The zero-order chi connectivity index (χ0) is 17.7. The Labute approximate surface area is 143 Å². The lowest BCUT2D eigenvalue weighted by atomic mass is 10.1. The van der Waals surface area contributed by atoms with Gasteiger partial charge in [-0.3, -0.25) is 9.00 Å². The standard InChI is InChI=1S/C18H19NO4S/c1-12(2)24(22)15-10-8-14(9-11-15)18(21)23-16(17(19)20)13-6-4-3-5-7-13/h3-12,16H,1-2H3,(H2,19,20). The number of carbonyl (C=O) groups excluding carboxylic acids is 2. The molecule has 0 heterocycles. The largest absolute Gasteiger partial charge is 0.444 e. The van der Waals surface area contributed by atoms with E-state index < -0.39 is 28.8 Å². The third kappa shape index (κ3) is 4.29. The van der Waals surface area contributed by atoms with Crippen molar-refractivity contribution in [3.63, 3.8) is 0 Å². The summed E-state index contributed by atoms with van der Waals surface area (Å²) >= 11 is 0. The first kappa shape index (κ1) is 17.9. The van der Waals surface area contributed by atoms with Crippen molar-refractivity contribution in [1.82, 2.24) is 0 Å². The Morgan fingerprint density at radius 1 is 1.00 bits per heavy atom. The molecule has 0 saturated heterocycles. The molecule has 0 aromatic heterocycles. The molecule has 0 aliphatic carbocycles. The molecule has 24 heavy (non-hydrogen) atoms. The second kappa shape index (κ2) is 7.88. The van der Waals surface area contributed by atoms with E-state index in [0.29, 0.717) is 10.5 Å². The molecule has 2 N–H and O–H groups in total. The molecule has 2 unspecified atom stereocenters. The van der Waals surface area contributed by atoms with Gasteiger partial charge in [0, 0.05) is 15.7 Å². The number of carbonyl (C=O) groups is 2. The number of primary amides is 1. The van der Waals surface area contributed by atoms with Gasteiger partial charge in [-0.1, -0.05) is 44.2 Å². The van der Waals surface area contributed by atoms with Gasteiger partial charge in [-0.2, -0.15) is 0 Å². The monoisotopic (exact) mass is 345 g/mol. The highest BCUT2D eigenvalue weighted by molar-refractivity contribution is 7.85. The number of benzene rings is 2. The van der Waals surface area contributed by atoms with Crippen LogP contribution in [0, 0.1) is 0 Å². The van der Waals surface area contributed by atoms with Crippen molar-refractivity contribution in [3.8, 4) is 0 Å². The highest BCUT2D eigenvalue weighted by atomic mass is 32.2. The molecule has 0 bridgehead atoms. The Morgan fingerprint density at radius 3 is 2.08 bits per heavy atom. The summed E-state index contributed by atoms with van der Waals surface area (Å²) in [6.07, 6.45) is -1.15. The highest BCUT2D eigenvalue weighted by Gasteiger charge is 2.23.